The fourth-order valence-electron chi connectivity index (χ4n) is 11.1. The molecule has 20 atom stereocenters. The van der Waals surface area contributed by atoms with Crippen molar-refractivity contribution in [3.8, 4) is 0 Å². The molecule has 63 heavy (non-hydrogen) atoms. The molecule has 0 aromatic rings. The topological polar surface area (TPSA) is 179 Å². The molecule has 3 N–H and O–H groups in total. The van der Waals surface area contributed by atoms with E-state index in [2.05, 4.69) is 26.8 Å². The molecule has 0 radical (unpaired) electrons. The van der Waals surface area contributed by atoms with E-state index in [9.17, 15) is 20.1 Å². The second-order valence-corrected chi connectivity index (χ2v) is 19.5. The van der Waals surface area contributed by atoms with Crippen LogP contribution in [0.1, 0.15) is 93.9 Å². The number of aliphatic hydroxyl groups is 3. The summed E-state index contributed by atoms with van der Waals surface area (Å²) in [6.45, 7) is 15.9. The lowest BCUT2D eigenvalue weighted by molar-refractivity contribution is -0.353. The van der Waals surface area contributed by atoms with Gasteiger partial charge in [-0.05, 0) is 56.8 Å². The summed E-state index contributed by atoms with van der Waals surface area (Å²) in [6.07, 6.45) is 3.50. The minimum Gasteiger partial charge on any atom is -0.462 e. The smallest absolute Gasteiger partial charge is 0.316 e. The number of ether oxygens (including phenoxy) is 11. The average molecular weight is 891 g/mol. The van der Waals surface area contributed by atoms with E-state index in [1.165, 1.54) is 0 Å². The van der Waals surface area contributed by atoms with E-state index >= 15 is 0 Å². The molecule has 0 aromatic heterocycles. The number of esters is 1. The summed E-state index contributed by atoms with van der Waals surface area (Å²) >= 11 is 0. The molecular weight excluding hydrogens is 817 g/mol. The number of fused-ring (bicyclic) bond motifs is 2. The van der Waals surface area contributed by atoms with Crippen molar-refractivity contribution in [1.29, 1.82) is 0 Å². The number of aliphatic hydroxyl groups excluding tert-OH is 2. The fourth-order valence-corrected chi connectivity index (χ4v) is 11.1. The molecule has 6 heterocycles. The van der Waals surface area contributed by atoms with Gasteiger partial charge in [-0.3, -0.25) is 4.79 Å². The maximum absolute atomic E-state index is 14.5. The summed E-state index contributed by atoms with van der Waals surface area (Å²) < 4.78 is 69.7. The van der Waals surface area contributed by atoms with Gasteiger partial charge in [0.15, 0.2) is 18.4 Å². The van der Waals surface area contributed by atoms with Gasteiger partial charge in [0.2, 0.25) is 0 Å². The van der Waals surface area contributed by atoms with Gasteiger partial charge in [-0.2, -0.15) is 0 Å². The molecule has 0 aromatic carbocycles. The van der Waals surface area contributed by atoms with Crippen LogP contribution in [0.4, 0.5) is 0 Å². The van der Waals surface area contributed by atoms with E-state index < -0.39 is 103 Å². The van der Waals surface area contributed by atoms with Crippen LogP contribution in [0.3, 0.4) is 0 Å². The molecule has 15 heteroatoms. The molecule has 7 aliphatic rings. The highest BCUT2D eigenvalue weighted by Crippen LogP contribution is 2.48. The molecule has 15 nitrogen and oxygen atoms in total. The monoisotopic (exact) mass is 891 g/mol. The van der Waals surface area contributed by atoms with Crippen LogP contribution in [0.15, 0.2) is 47.1 Å². The number of carbonyl (C=O) groups is 1. The van der Waals surface area contributed by atoms with E-state index in [-0.39, 0.29) is 49.4 Å². The molecule has 5 fully saturated rings. The zero-order valence-electron chi connectivity index (χ0n) is 39.0. The van der Waals surface area contributed by atoms with Crippen molar-refractivity contribution in [2.24, 2.45) is 23.7 Å². The van der Waals surface area contributed by atoms with Crippen LogP contribution in [0.5, 0.6) is 0 Å². The van der Waals surface area contributed by atoms with Crippen LogP contribution in [0, 0.1) is 23.7 Å². The van der Waals surface area contributed by atoms with E-state index in [0.717, 1.165) is 11.1 Å². The first-order valence-corrected chi connectivity index (χ1v) is 23.1. The standard InChI is InChI=1S/C48H74O15/c1-24(2)41-28(6)35(49)22-47(63-41)21-33-18-32(62-47)16-15-26(4)42(60-39-20-37(54-10)44(30(8)58-39)61-38-19-36(53-9)40(50)29(7)57-38)25(3)13-12-14-31-23-56-45-43(55-11)27(5)17-34(46(51)59-33)48(31,45)52/h12-15,17,24-25,28-30,32-45,49-50,52H,16,18-23H2,1-11H3/b13-12+,26-15+,31-14+/t25-,28-,29-,30-,32+,33-,34-,35-,36-,37-,38-,39-,40-,41+,42-,43+,44-,45+,47?,48+/m0/s1. The zero-order chi connectivity index (χ0) is 45.5. The first-order valence-electron chi connectivity index (χ1n) is 23.1. The predicted octanol–water partition coefficient (Wildman–Crippen LogP) is 4.84. The first-order chi connectivity index (χ1) is 29.9. The third-order valence-corrected chi connectivity index (χ3v) is 14.7. The quantitative estimate of drug-likeness (QED) is 0.223. The van der Waals surface area contributed by atoms with Crippen molar-refractivity contribution < 1.29 is 72.2 Å². The summed E-state index contributed by atoms with van der Waals surface area (Å²) in [5.74, 6) is -3.03. The first kappa shape index (κ1) is 48.8. The average Bonchev–Trinajstić information content (AvgIpc) is 3.57. The highest BCUT2D eigenvalue weighted by atomic mass is 16.7. The summed E-state index contributed by atoms with van der Waals surface area (Å²) in [5, 5.41) is 34.7. The summed E-state index contributed by atoms with van der Waals surface area (Å²) in [5.41, 5.74) is 0.511. The molecule has 0 amide bonds. The molecule has 5 saturated heterocycles. The van der Waals surface area contributed by atoms with Crippen LogP contribution in [0.2, 0.25) is 0 Å². The maximum atomic E-state index is 14.5. The van der Waals surface area contributed by atoms with Crippen molar-refractivity contribution in [3.05, 3.63) is 47.1 Å². The van der Waals surface area contributed by atoms with Gasteiger partial charge >= 0.3 is 5.97 Å². The van der Waals surface area contributed by atoms with Gasteiger partial charge in [-0.1, -0.05) is 58.1 Å². The lowest BCUT2D eigenvalue weighted by atomic mass is 9.70. The molecule has 0 saturated carbocycles. The number of hydrogen-bond acceptors (Lipinski definition) is 15. The van der Waals surface area contributed by atoms with Crippen LogP contribution in [0.25, 0.3) is 0 Å². The van der Waals surface area contributed by atoms with Crippen molar-refractivity contribution in [2.45, 2.75) is 197 Å². The third kappa shape index (κ3) is 9.98. The Morgan fingerprint density at radius 2 is 1.52 bits per heavy atom. The molecule has 7 rings (SSSR count). The molecule has 2 bridgehead atoms. The lowest BCUT2D eigenvalue weighted by Crippen LogP contribution is -2.60. The third-order valence-electron chi connectivity index (χ3n) is 14.7. The van der Waals surface area contributed by atoms with E-state index in [1.54, 1.807) is 34.3 Å². The van der Waals surface area contributed by atoms with E-state index in [1.807, 2.05) is 45.9 Å². The number of allylic oxidation sites excluding steroid dienone is 2. The van der Waals surface area contributed by atoms with Gasteiger partial charge in [-0.25, -0.2) is 0 Å². The Balaban J connectivity index is 1.19. The van der Waals surface area contributed by atoms with Crippen molar-refractivity contribution in [1.82, 2.24) is 0 Å². The van der Waals surface area contributed by atoms with Crippen LogP contribution in [-0.4, -0.2) is 153 Å². The SMILES string of the molecule is CO[C@H]1C[C@H](O[C@H]2[C@H](C)O[C@@H](O[C@@H]3/C(C)=C/C[C@@H]4C[C@@H](CC5(C[C@H](O)[C@H](C)[C@@H](C(C)C)O5)O4)OC(=O)[C@@H]4C=C(C)[C@@H](OC)[C@H]5OC/C(=C\C=C\[C@@H]3C)[C@]54O)C[C@@H]2OC)O[C@@H](C)[C@@H]1O. The van der Waals surface area contributed by atoms with Crippen molar-refractivity contribution >= 4 is 5.97 Å². The number of hydrogen-bond donors (Lipinski definition) is 3. The Kier molecular flexibility index (Phi) is 15.5. The second kappa shape index (κ2) is 20.0. The Morgan fingerprint density at radius 3 is 2.22 bits per heavy atom. The van der Waals surface area contributed by atoms with Crippen molar-refractivity contribution in [3.63, 3.8) is 0 Å². The highest BCUT2D eigenvalue weighted by Gasteiger charge is 2.61. The van der Waals surface area contributed by atoms with Crippen LogP contribution >= 0.6 is 0 Å². The Labute approximate surface area is 373 Å². The molecule has 356 valence electrons. The van der Waals surface area contributed by atoms with Gasteiger partial charge in [0.1, 0.15) is 42.0 Å². The minimum absolute atomic E-state index is 0.0967. The normalized spacial score (nSPS) is 49.6. The molecular formula is C48H74O15. The summed E-state index contributed by atoms with van der Waals surface area (Å²) in [4.78, 5) is 14.5. The van der Waals surface area contributed by atoms with Gasteiger partial charge < -0.3 is 67.4 Å². The van der Waals surface area contributed by atoms with Crippen LogP contribution < -0.4 is 0 Å². The van der Waals surface area contributed by atoms with Gasteiger partial charge in [0, 0.05) is 65.3 Å². The Morgan fingerprint density at radius 1 is 0.825 bits per heavy atom. The van der Waals surface area contributed by atoms with Gasteiger partial charge in [-0.15, -0.1) is 0 Å². The Hall–Kier alpha value is -2.09. The van der Waals surface area contributed by atoms with Gasteiger partial charge in [0.25, 0.3) is 0 Å². The van der Waals surface area contributed by atoms with E-state index in [0.29, 0.717) is 31.3 Å². The molecule has 1 aliphatic carbocycles. The summed E-state index contributed by atoms with van der Waals surface area (Å²) in [6, 6.07) is 0. The maximum Gasteiger partial charge on any atom is 0.316 e. The highest BCUT2D eigenvalue weighted by molar-refractivity contribution is 5.78. The molecule has 1 spiro atoms. The minimum atomic E-state index is -1.74. The molecule has 1 unspecified atom stereocenters. The lowest BCUT2D eigenvalue weighted by Gasteiger charge is -2.52. The van der Waals surface area contributed by atoms with Gasteiger partial charge in [0.05, 0.1) is 55.4 Å². The summed E-state index contributed by atoms with van der Waals surface area (Å²) in [7, 11) is 4.79. The molecule has 6 aliphatic heterocycles. The zero-order valence-corrected chi connectivity index (χ0v) is 39.0. The van der Waals surface area contributed by atoms with Crippen molar-refractivity contribution in [2.75, 3.05) is 27.9 Å². The Bertz CT molecular complexity index is 1710. The van der Waals surface area contributed by atoms with Crippen LogP contribution in [-0.2, 0) is 56.9 Å². The predicted molar refractivity (Wildman–Crippen MR) is 229 cm³/mol. The largest absolute Gasteiger partial charge is 0.462 e. The number of carbonyl (C=O) groups excluding carboxylic acids is 1. The van der Waals surface area contributed by atoms with E-state index in [4.69, 9.17) is 52.1 Å². The number of methoxy groups -OCH3 is 3. The second-order valence-electron chi connectivity index (χ2n) is 19.5. The fraction of sp³-hybridized carbons (Fsp3) is 0.812. The number of rotatable bonds is 8.